The first-order valence-electron chi connectivity index (χ1n) is 8.18. The molecule has 1 aromatic heterocycles. The van der Waals surface area contributed by atoms with Crippen molar-refractivity contribution >= 4 is 10.0 Å². The number of sulfonamides is 1. The summed E-state index contributed by atoms with van der Waals surface area (Å²) in [6, 6.07) is 14.2. The van der Waals surface area contributed by atoms with E-state index in [4.69, 9.17) is 5.11 Å². The highest BCUT2D eigenvalue weighted by Gasteiger charge is 2.15. The minimum Gasteiger partial charge on any atom is -0.392 e. The van der Waals surface area contributed by atoms with E-state index >= 15 is 0 Å². The maximum atomic E-state index is 12.5. The van der Waals surface area contributed by atoms with Crippen molar-refractivity contribution in [2.45, 2.75) is 25.0 Å². The Hall–Kier alpha value is -2.48. The van der Waals surface area contributed by atoms with Gasteiger partial charge < -0.3 is 5.11 Å². The van der Waals surface area contributed by atoms with E-state index in [9.17, 15) is 8.42 Å². The van der Waals surface area contributed by atoms with Gasteiger partial charge >= 0.3 is 0 Å². The minimum absolute atomic E-state index is 0.000457. The number of aliphatic hydroxyl groups is 1. The van der Waals surface area contributed by atoms with E-state index in [1.807, 2.05) is 31.2 Å². The van der Waals surface area contributed by atoms with Crippen LogP contribution in [0.4, 0.5) is 0 Å². The largest absolute Gasteiger partial charge is 0.392 e. The lowest BCUT2D eigenvalue weighted by Gasteiger charge is -2.08. The van der Waals surface area contributed by atoms with Crippen molar-refractivity contribution < 1.29 is 13.5 Å². The third-order valence-corrected chi connectivity index (χ3v) is 5.62. The molecule has 0 radical (unpaired) electrons. The molecule has 0 saturated heterocycles. The van der Waals surface area contributed by atoms with Crippen molar-refractivity contribution in [2.75, 3.05) is 0 Å². The van der Waals surface area contributed by atoms with E-state index in [-0.39, 0.29) is 18.0 Å². The van der Waals surface area contributed by atoms with Gasteiger partial charge in [0.1, 0.15) is 0 Å². The molecule has 0 unspecified atom stereocenters. The molecule has 136 valence electrons. The van der Waals surface area contributed by atoms with Crippen LogP contribution in [0.2, 0.25) is 0 Å². The number of nitrogens with zero attached hydrogens (tertiary/aromatic N) is 2. The predicted octanol–water partition coefficient (Wildman–Crippen LogP) is 2.37. The molecule has 7 heteroatoms. The van der Waals surface area contributed by atoms with E-state index in [0.29, 0.717) is 0 Å². The maximum Gasteiger partial charge on any atom is 0.240 e. The normalized spacial score (nSPS) is 11.7. The van der Waals surface area contributed by atoms with E-state index < -0.39 is 10.0 Å². The third kappa shape index (κ3) is 4.01. The summed E-state index contributed by atoms with van der Waals surface area (Å²) >= 11 is 0. The number of hydrogen-bond acceptors (Lipinski definition) is 4. The molecule has 3 aromatic rings. The first-order chi connectivity index (χ1) is 12.4. The Balaban J connectivity index is 1.74. The number of benzene rings is 2. The van der Waals surface area contributed by atoms with Crippen molar-refractivity contribution in [1.82, 2.24) is 14.5 Å². The monoisotopic (exact) mass is 371 g/mol. The van der Waals surface area contributed by atoms with Gasteiger partial charge in [-0.1, -0.05) is 36.4 Å². The molecule has 0 aliphatic rings. The zero-order valence-corrected chi connectivity index (χ0v) is 15.5. The number of hydrogen-bond donors (Lipinski definition) is 2. The van der Waals surface area contributed by atoms with Gasteiger partial charge in [-0.3, -0.25) is 4.68 Å². The van der Waals surface area contributed by atoms with Crippen LogP contribution in [0.5, 0.6) is 0 Å². The van der Waals surface area contributed by atoms with Crippen molar-refractivity contribution in [3.63, 3.8) is 0 Å². The van der Waals surface area contributed by atoms with Crippen molar-refractivity contribution in [3.05, 3.63) is 71.5 Å². The summed E-state index contributed by atoms with van der Waals surface area (Å²) in [4.78, 5) is 0.217. The number of aliphatic hydroxyl groups excluding tert-OH is 1. The van der Waals surface area contributed by atoms with Gasteiger partial charge in [0.2, 0.25) is 10.0 Å². The Kier molecular flexibility index (Phi) is 5.22. The zero-order valence-electron chi connectivity index (χ0n) is 14.7. The van der Waals surface area contributed by atoms with E-state index in [1.54, 1.807) is 42.2 Å². The summed E-state index contributed by atoms with van der Waals surface area (Å²) in [6.07, 6.45) is 1.80. The van der Waals surface area contributed by atoms with Gasteiger partial charge in [0.15, 0.2) is 0 Å². The first-order valence-corrected chi connectivity index (χ1v) is 9.66. The molecule has 0 spiro atoms. The second-order valence-electron chi connectivity index (χ2n) is 6.12. The van der Waals surface area contributed by atoms with Crippen molar-refractivity contribution in [1.29, 1.82) is 0 Å². The van der Waals surface area contributed by atoms with Crippen LogP contribution in [0.3, 0.4) is 0 Å². The Morgan fingerprint density at radius 3 is 2.12 bits per heavy atom. The van der Waals surface area contributed by atoms with E-state index in [1.165, 1.54) is 0 Å². The molecule has 0 atom stereocenters. The lowest BCUT2D eigenvalue weighted by atomic mass is 10.0. The van der Waals surface area contributed by atoms with Crippen LogP contribution in [0.25, 0.3) is 11.1 Å². The standard InChI is InChI=1S/C19H21N3O3S/c1-14-18(12-22(2)21-14)11-20-26(24,25)19-9-7-17(8-10-19)16-5-3-15(13-23)4-6-16/h3-10,12,20,23H,11,13H2,1-2H3. The maximum absolute atomic E-state index is 12.5. The summed E-state index contributed by atoms with van der Waals surface area (Å²) in [7, 11) is -1.79. The molecule has 2 N–H and O–H groups in total. The molecule has 1 heterocycles. The van der Waals surface area contributed by atoms with Crippen LogP contribution in [0, 0.1) is 6.92 Å². The Labute approximate surface area is 153 Å². The second kappa shape index (κ2) is 7.41. The van der Waals surface area contributed by atoms with Gasteiger partial charge in [0, 0.05) is 25.4 Å². The molecular formula is C19H21N3O3S. The second-order valence-corrected chi connectivity index (χ2v) is 7.88. The summed E-state index contributed by atoms with van der Waals surface area (Å²) in [5.41, 5.74) is 4.36. The molecule has 0 fully saturated rings. The fourth-order valence-corrected chi connectivity index (χ4v) is 3.71. The molecule has 0 amide bonds. The lowest BCUT2D eigenvalue weighted by Crippen LogP contribution is -2.23. The molecule has 0 aliphatic carbocycles. The Morgan fingerprint density at radius 1 is 1.04 bits per heavy atom. The number of nitrogens with one attached hydrogen (secondary N) is 1. The summed E-state index contributed by atoms with van der Waals surface area (Å²) in [6.45, 7) is 2.05. The van der Waals surface area contributed by atoms with Crippen LogP contribution in [-0.2, 0) is 30.2 Å². The van der Waals surface area contributed by atoms with E-state index in [2.05, 4.69) is 9.82 Å². The molecule has 0 bridgehead atoms. The molecule has 6 nitrogen and oxygen atoms in total. The van der Waals surface area contributed by atoms with Crippen LogP contribution >= 0.6 is 0 Å². The number of aryl methyl sites for hydroxylation is 2. The molecule has 2 aromatic carbocycles. The highest BCUT2D eigenvalue weighted by molar-refractivity contribution is 7.89. The zero-order chi connectivity index (χ0) is 18.7. The summed E-state index contributed by atoms with van der Waals surface area (Å²) in [5.74, 6) is 0. The van der Waals surface area contributed by atoms with Gasteiger partial charge in [-0.05, 0) is 35.7 Å². The topological polar surface area (TPSA) is 84.2 Å². The Morgan fingerprint density at radius 2 is 1.62 bits per heavy atom. The average Bonchev–Trinajstić information content (AvgIpc) is 2.97. The van der Waals surface area contributed by atoms with Gasteiger partial charge in [0.25, 0.3) is 0 Å². The van der Waals surface area contributed by atoms with Gasteiger partial charge in [-0.2, -0.15) is 5.10 Å². The third-order valence-electron chi connectivity index (χ3n) is 4.20. The fourth-order valence-electron chi connectivity index (χ4n) is 2.71. The quantitative estimate of drug-likeness (QED) is 0.697. The van der Waals surface area contributed by atoms with E-state index in [0.717, 1.165) is 27.9 Å². The van der Waals surface area contributed by atoms with Crippen LogP contribution in [-0.4, -0.2) is 23.3 Å². The van der Waals surface area contributed by atoms with Gasteiger partial charge in [0.05, 0.1) is 17.2 Å². The van der Waals surface area contributed by atoms with Crippen LogP contribution in [0.15, 0.2) is 59.6 Å². The van der Waals surface area contributed by atoms with Gasteiger partial charge in [-0.25, -0.2) is 13.1 Å². The number of rotatable bonds is 6. The predicted molar refractivity (Wildman–Crippen MR) is 99.8 cm³/mol. The lowest BCUT2D eigenvalue weighted by molar-refractivity contribution is 0.282. The van der Waals surface area contributed by atoms with Gasteiger partial charge in [-0.15, -0.1) is 0 Å². The molecule has 26 heavy (non-hydrogen) atoms. The van der Waals surface area contributed by atoms with Crippen LogP contribution in [0.1, 0.15) is 16.8 Å². The SMILES string of the molecule is Cc1nn(C)cc1CNS(=O)(=O)c1ccc(-c2ccc(CO)cc2)cc1. The van der Waals surface area contributed by atoms with Crippen molar-refractivity contribution in [3.8, 4) is 11.1 Å². The smallest absolute Gasteiger partial charge is 0.240 e. The highest BCUT2D eigenvalue weighted by Crippen LogP contribution is 2.22. The summed E-state index contributed by atoms with van der Waals surface area (Å²) in [5, 5.41) is 13.3. The summed E-state index contributed by atoms with van der Waals surface area (Å²) < 4.78 is 29.3. The molecule has 3 rings (SSSR count). The number of aromatic nitrogens is 2. The Bertz CT molecular complexity index is 992. The molecular weight excluding hydrogens is 350 g/mol. The first kappa shape index (κ1) is 18.3. The minimum atomic E-state index is -3.60. The highest BCUT2D eigenvalue weighted by atomic mass is 32.2. The van der Waals surface area contributed by atoms with Crippen LogP contribution < -0.4 is 4.72 Å². The average molecular weight is 371 g/mol. The molecule has 0 saturated carbocycles. The van der Waals surface area contributed by atoms with Crippen molar-refractivity contribution in [2.24, 2.45) is 7.05 Å². The molecule has 0 aliphatic heterocycles. The fraction of sp³-hybridized carbons (Fsp3) is 0.211.